The number of carbonyl (C=O) groups excluding carboxylic acids is 2. The maximum Gasteiger partial charge on any atom is 0.360 e. The molecular formula is C13H22N4O3. The van der Waals surface area contributed by atoms with Gasteiger partial charge < -0.3 is 10.1 Å². The van der Waals surface area contributed by atoms with Crippen LogP contribution in [0.5, 0.6) is 0 Å². The van der Waals surface area contributed by atoms with Gasteiger partial charge in [0.2, 0.25) is 5.91 Å². The van der Waals surface area contributed by atoms with Crippen molar-refractivity contribution < 1.29 is 14.3 Å². The summed E-state index contributed by atoms with van der Waals surface area (Å²) < 4.78 is 6.54. The molecule has 112 valence electrons. The standard InChI is InChI=1S/C13H22N4O3/c1-6-14-12(18)10(5)17-9(4)11(15-16-17)13(19)20-7-8(2)3/h8,10H,6-7H2,1-5H3,(H,14,18). The van der Waals surface area contributed by atoms with Crippen LogP contribution in [0.2, 0.25) is 0 Å². The predicted octanol–water partition coefficient (Wildman–Crippen LogP) is 1.10. The number of nitrogens with one attached hydrogen (secondary N) is 1. The number of ether oxygens (including phenoxy) is 1. The number of aromatic nitrogens is 3. The highest BCUT2D eigenvalue weighted by molar-refractivity contribution is 5.88. The third-order valence-electron chi connectivity index (χ3n) is 2.77. The maximum atomic E-state index is 11.9. The molecule has 7 heteroatoms. The number of nitrogens with zero attached hydrogens (tertiary/aromatic N) is 3. The summed E-state index contributed by atoms with van der Waals surface area (Å²) in [5, 5.41) is 10.4. The van der Waals surface area contributed by atoms with Gasteiger partial charge in [0.05, 0.1) is 12.3 Å². The lowest BCUT2D eigenvalue weighted by molar-refractivity contribution is -0.124. The van der Waals surface area contributed by atoms with Crippen LogP contribution >= 0.6 is 0 Å². The number of carbonyl (C=O) groups is 2. The van der Waals surface area contributed by atoms with Gasteiger partial charge in [0.25, 0.3) is 0 Å². The van der Waals surface area contributed by atoms with Crippen molar-refractivity contribution in [3.05, 3.63) is 11.4 Å². The van der Waals surface area contributed by atoms with Gasteiger partial charge in [0.15, 0.2) is 5.69 Å². The molecule has 0 radical (unpaired) electrons. The molecule has 1 heterocycles. The lowest BCUT2D eigenvalue weighted by atomic mass is 10.2. The first-order valence-electron chi connectivity index (χ1n) is 6.75. The van der Waals surface area contributed by atoms with Crippen LogP contribution in [0.3, 0.4) is 0 Å². The molecule has 1 amide bonds. The second-order valence-electron chi connectivity index (χ2n) is 5.03. The minimum Gasteiger partial charge on any atom is -0.461 e. The molecular weight excluding hydrogens is 260 g/mol. The Morgan fingerprint density at radius 3 is 2.55 bits per heavy atom. The van der Waals surface area contributed by atoms with E-state index in [1.807, 2.05) is 20.8 Å². The lowest BCUT2D eigenvalue weighted by Gasteiger charge is -2.12. The normalized spacial score (nSPS) is 12.3. The summed E-state index contributed by atoms with van der Waals surface area (Å²) in [6.07, 6.45) is 0. The SMILES string of the molecule is CCNC(=O)C(C)n1nnc(C(=O)OCC(C)C)c1C. The molecule has 1 atom stereocenters. The smallest absolute Gasteiger partial charge is 0.360 e. The maximum absolute atomic E-state index is 11.9. The molecule has 1 aromatic rings. The second kappa shape index (κ2) is 7.02. The monoisotopic (exact) mass is 282 g/mol. The van der Waals surface area contributed by atoms with E-state index in [-0.39, 0.29) is 17.5 Å². The molecule has 0 aliphatic carbocycles. The van der Waals surface area contributed by atoms with E-state index in [2.05, 4.69) is 15.6 Å². The Kier molecular flexibility index (Phi) is 5.66. The number of rotatable bonds is 6. The lowest BCUT2D eigenvalue weighted by Crippen LogP contribution is -2.31. The van der Waals surface area contributed by atoms with Gasteiger partial charge in [0, 0.05) is 6.54 Å². The molecule has 0 saturated carbocycles. The summed E-state index contributed by atoms with van der Waals surface area (Å²) in [6, 6.07) is -0.519. The summed E-state index contributed by atoms with van der Waals surface area (Å²) in [4.78, 5) is 23.6. The molecule has 0 bridgehead atoms. The first kappa shape index (κ1) is 16.1. The van der Waals surface area contributed by atoms with Crippen LogP contribution < -0.4 is 5.32 Å². The number of hydrogen-bond acceptors (Lipinski definition) is 5. The number of likely N-dealkylation sites (N-methyl/N-ethyl adjacent to an activating group) is 1. The van der Waals surface area contributed by atoms with Crippen molar-refractivity contribution >= 4 is 11.9 Å². The third kappa shape index (κ3) is 3.79. The molecule has 0 aromatic carbocycles. The van der Waals surface area contributed by atoms with Crippen molar-refractivity contribution in [3.63, 3.8) is 0 Å². The molecule has 0 saturated heterocycles. The van der Waals surface area contributed by atoms with Crippen LogP contribution in [0, 0.1) is 12.8 Å². The summed E-state index contributed by atoms with van der Waals surface area (Å²) >= 11 is 0. The van der Waals surface area contributed by atoms with Crippen molar-refractivity contribution in [2.24, 2.45) is 5.92 Å². The van der Waals surface area contributed by atoms with E-state index in [1.54, 1.807) is 13.8 Å². The van der Waals surface area contributed by atoms with Crippen molar-refractivity contribution in [2.75, 3.05) is 13.2 Å². The largest absolute Gasteiger partial charge is 0.461 e. The van der Waals surface area contributed by atoms with Crippen LogP contribution in [0.25, 0.3) is 0 Å². The van der Waals surface area contributed by atoms with Crippen molar-refractivity contribution in [1.29, 1.82) is 0 Å². The zero-order valence-electron chi connectivity index (χ0n) is 12.6. The molecule has 1 unspecified atom stereocenters. The topological polar surface area (TPSA) is 86.1 Å². The fraction of sp³-hybridized carbons (Fsp3) is 0.692. The quantitative estimate of drug-likeness (QED) is 0.789. The Hall–Kier alpha value is -1.92. The fourth-order valence-corrected chi connectivity index (χ4v) is 1.64. The Balaban J connectivity index is 2.83. The fourth-order valence-electron chi connectivity index (χ4n) is 1.64. The molecule has 1 aromatic heterocycles. The average molecular weight is 282 g/mol. The zero-order chi connectivity index (χ0) is 15.3. The highest BCUT2D eigenvalue weighted by Gasteiger charge is 2.23. The Labute approximate surface area is 118 Å². The summed E-state index contributed by atoms with van der Waals surface area (Å²) in [6.45, 7) is 10.0. The van der Waals surface area contributed by atoms with Crippen molar-refractivity contribution in [3.8, 4) is 0 Å². The first-order valence-corrected chi connectivity index (χ1v) is 6.75. The Morgan fingerprint density at radius 1 is 1.35 bits per heavy atom. The van der Waals surface area contributed by atoms with Crippen LogP contribution in [0.1, 0.15) is 49.9 Å². The predicted molar refractivity (Wildman–Crippen MR) is 73.3 cm³/mol. The van der Waals surface area contributed by atoms with Gasteiger partial charge in [-0.05, 0) is 26.7 Å². The molecule has 0 aliphatic heterocycles. The minimum atomic E-state index is -0.519. The molecule has 1 rings (SSSR count). The van der Waals surface area contributed by atoms with E-state index in [9.17, 15) is 9.59 Å². The van der Waals surface area contributed by atoms with Crippen LogP contribution in [0.4, 0.5) is 0 Å². The Morgan fingerprint density at radius 2 is 2.00 bits per heavy atom. The number of esters is 1. The van der Waals surface area contributed by atoms with Crippen LogP contribution in [-0.4, -0.2) is 40.0 Å². The van der Waals surface area contributed by atoms with E-state index in [1.165, 1.54) is 4.68 Å². The van der Waals surface area contributed by atoms with Gasteiger partial charge in [-0.1, -0.05) is 19.1 Å². The van der Waals surface area contributed by atoms with Gasteiger partial charge in [-0.15, -0.1) is 5.10 Å². The van der Waals surface area contributed by atoms with E-state index in [4.69, 9.17) is 4.74 Å². The highest BCUT2D eigenvalue weighted by atomic mass is 16.5. The van der Waals surface area contributed by atoms with E-state index in [0.29, 0.717) is 18.8 Å². The van der Waals surface area contributed by atoms with Gasteiger partial charge in [0.1, 0.15) is 6.04 Å². The third-order valence-corrected chi connectivity index (χ3v) is 2.77. The van der Waals surface area contributed by atoms with Gasteiger partial charge >= 0.3 is 5.97 Å². The zero-order valence-corrected chi connectivity index (χ0v) is 12.6. The molecule has 7 nitrogen and oxygen atoms in total. The number of hydrogen-bond donors (Lipinski definition) is 1. The van der Waals surface area contributed by atoms with Gasteiger partial charge in [-0.2, -0.15) is 0 Å². The summed E-state index contributed by atoms with van der Waals surface area (Å²) in [7, 11) is 0. The van der Waals surface area contributed by atoms with Gasteiger partial charge in [-0.25, -0.2) is 9.48 Å². The molecule has 0 fully saturated rings. The molecule has 0 aliphatic rings. The van der Waals surface area contributed by atoms with E-state index >= 15 is 0 Å². The average Bonchev–Trinajstić information content (AvgIpc) is 2.77. The van der Waals surface area contributed by atoms with Crippen molar-refractivity contribution in [2.45, 2.75) is 40.7 Å². The summed E-state index contributed by atoms with van der Waals surface area (Å²) in [5.74, 6) is -0.420. The van der Waals surface area contributed by atoms with Crippen molar-refractivity contribution in [1.82, 2.24) is 20.3 Å². The minimum absolute atomic E-state index is 0.154. The molecule has 20 heavy (non-hydrogen) atoms. The van der Waals surface area contributed by atoms with E-state index < -0.39 is 12.0 Å². The Bertz CT molecular complexity index is 482. The number of amides is 1. The van der Waals surface area contributed by atoms with Crippen LogP contribution in [-0.2, 0) is 9.53 Å². The van der Waals surface area contributed by atoms with E-state index in [0.717, 1.165) is 0 Å². The highest BCUT2D eigenvalue weighted by Crippen LogP contribution is 2.12. The van der Waals surface area contributed by atoms with Gasteiger partial charge in [-0.3, -0.25) is 4.79 Å². The summed E-state index contributed by atoms with van der Waals surface area (Å²) in [5.41, 5.74) is 0.680. The first-order chi connectivity index (χ1) is 9.38. The molecule has 0 spiro atoms. The second-order valence-corrected chi connectivity index (χ2v) is 5.03. The molecule has 1 N–H and O–H groups in total. The van der Waals surface area contributed by atoms with Crippen LogP contribution in [0.15, 0.2) is 0 Å².